The van der Waals surface area contributed by atoms with Crippen LogP contribution in [0.2, 0.25) is 0 Å². The van der Waals surface area contributed by atoms with Gasteiger partial charge < -0.3 is 4.90 Å². The predicted octanol–water partition coefficient (Wildman–Crippen LogP) is 1.09. The molecule has 0 aromatic heterocycles. The summed E-state index contributed by atoms with van der Waals surface area (Å²) < 4.78 is 0. The highest BCUT2D eigenvalue weighted by Crippen LogP contribution is 2.04. The molecule has 1 saturated heterocycles. The van der Waals surface area contributed by atoms with E-state index in [-0.39, 0.29) is 0 Å². The molecule has 1 fully saturated rings. The van der Waals surface area contributed by atoms with Crippen molar-refractivity contribution in [3.05, 3.63) is 0 Å². The maximum atomic E-state index is 3.38. The Hall–Kier alpha value is 0.440. The van der Waals surface area contributed by atoms with Crippen molar-refractivity contribution in [1.82, 2.24) is 4.90 Å². The van der Waals surface area contributed by atoms with E-state index in [0.29, 0.717) is 0 Å². The SMILES string of the molecule is BrCCN1CCC1. The molecule has 0 unspecified atom stereocenters. The summed E-state index contributed by atoms with van der Waals surface area (Å²) in [6.45, 7) is 3.89. The monoisotopic (exact) mass is 163 g/mol. The molecule has 0 spiro atoms. The van der Waals surface area contributed by atoms with Gasteiger partial charge >= 0.3 is 0 Å². The molecule has 7 heavy (non-hydrogen) atoms. The lowest BCUT2D eigenvalue weighted by molar-refractivity contribution is 0.194. The first-order valence-electron chi connectivity index (χ1n) is 2.72. The highest BCUT2D eigenvalue weighted by atomic mass is 79.9. The van der Waals surface area contributed by atoms with Crippen molar-refractivity contribution in [2.24, 2.45) is 0 Å². The summed E-state index contributed by atoms with van der Waals surface area (Å²) in [5.74, 6) is 0. The van der Waals surface area contributed by atoms with Gasteiger partial charge in [-0.2, -0.15) is 0 Å². The average Bonchev–Trinajstić information content (AvgIpc) is 1.55. The molecule has 0 aromatic carbocycles. The third kappa shape index (κ3) is 1.42. The van der Waals surface area contributed by atoms with Crippen LogP contribution in [0, 0.1) is 0 Å². The van der Waals surface area contributed by atoms with Crippen LogP contribution in [-0.2, 0) is 0 Å². The molecule has 1 nitrogen and oxygen atoms in total. The van der Waals surface area contributed by atoms with Crippen LogP contribution in [0.1, 0.15) is 6.42 Å². The van der Waals surface area contributed by atoms with Gasteiger partial charge in [0.1, 0.15) is 0 Å². The fourth-order valence-electron chi connectivity index (χ4n) is 0.725. The van der Waals surface area contributed by atoms with E-state index in [1.54, 1.807) is 0 Å². The third-order valence-corrected chi connectivity index (χ3v) is 1.70. The van der Waals surface area contributed by atoms with Crippen LogP contribution in [0.5, 0.6) is 0 Å². The minimum absolute atomic E-state index is 1.13. The molecule has 42 valence electrons. The molecule has 1 rings (SSSR count). The van der Waals surface area contributed by atoms with Crippen molar-refractivity contribution < 1.29 is 0 Å². The molecular formula is C5H10BrN. The minimum Gasteiger partial charge on any atom is -0.302 e. The lowest BCUT2D eigenvalue weighted by Crippen LogP contribution is -2.38. The normalized spacial score (nSPS) is 21.9. The first-order valence-corrected chi connectivity index (χ1v) is 3.84. The number of hydrogen-bond donors (Lipinski definition) is 0. The van der Waals surface area contributed by atoms with E-state index in [0.717, 1.165) is 5.33 Å². The lowest BCUT2D eigenvalue weighted by atomic mass is 10.2. The zero-order valence-corrected chi connectivity index (χ0v) is 5.95. The Morgan fingerprint density at radius 1 is 1.43 bits per heavy atom. The minimum atomic E-state index is 1.13. The molecule has 1 aliphatic rings. The Bertz CT molecular complexity index is 52.0. The molecule has 0 aliphatic carbocycles. The average molecular weight is 164 g/mol. The largest absolute Gasteiger partial charge is 0.302 e. The Morgan fingerprint density at radius 2 is 2.14 bits per heavy atom. The number of hydrogen-bond acceptors (Lipinski definition) is 1. The first kappa shape index (κ1) is 5.57. The van der Waals surface area contributed by atoms with Gasteiger partial charge in [-0.3, -0.25) is 0 Å². The quantitative estimate of drug-likeness (QED) is 0.552. The number of halogens is 1. The zero-order chi connectivity index (χ0) is 5.11. The molecule has 0 radical (unpaired) electrons. The smallest absolute Gasteiger partial charge is 0.0159 e. The number of alkyl halides is 1. The van der Waals surface area contributed by atoms with Crippen LogP contribution in [0.4, 0.5) is 0 Å². The van der Waals surface area contributed by atoms with Crippen molar-refractivity contribution in [3.8, 4) is 0 Å². The van der Waals surface area contributed by atoms with E-state index in [2.05, 4.69) is 20.8 Å². The summed E-state index contributed by atoms with van der Waals surface area (Å²) in [4.78, 5) is 2.44. The van der Waals surface area contributed by atoms with Gasteiger partial charge in [-0.15, -0.1) is 0 Å². The molecule has 2 heteroatoms. The van der Waals surface area contributed by atoms with E-state index >= 15 is 0 Å². The van der Waals surface area contributed by atoms with Crippen molar-refractivity contribution in [2.45, 2.75) is 6.42 Å². The predicted molar refractivity (Wildman–Crippen MR) is 34.9 cm³/mol. The summed E-state index contributed by atoms with van der Waals surface area (Å²) in [5.41, 5.74) is 0. The van der Waals surface area contributed by atoms with Crippen LogP contribution in [0.25, 0.3) is 0 Å². The Balaban J connectivity index is 1.93. The van der Waals surface area contributed by atoms with E-state index in [4.69, 9.17) is 0 Å². The van der Waals surface area contributed by atoms with E-state index < -0.39 is 0 Å². The van der Waals surface area contributed by atoms with Gasteiger partial charge in [-0.05, 0) is 19.5 Å². The van der Waals surface area contributed by atoms with E-state index in [1.807, 2.05) is 0 Å². The third-order valence-electron chi connectivity index (χ3n) is 1.35. The van der Waals surface area contributed by atoms with Crippen LogP contribution < -0.4 is 0 Å². The van der Waals surface area contributed by atoms with Crippen molar-refractivity contribution >= 4 is 15.9 Å². The second-order valence-electron chi connectivity index (χ2n) is 1.88. The number of rotatable bonds is 2. The summed E-state index contributed by atoms with van der Waals surface area (Å²) in [5, 5.41) is 1.13. The highest BCUT2D eigenvalue weighted by Gasteiger charge is 2.10. The van der Waals surface area contributed by atoms with Gasteiger partial charge in [-0.25, -0.2) is 0 Å². The van der Waals surface area contributed by atoms with Gasteiger partial charge in [0.2, 0.25) is 0 Å². The zero-order valence-electron chi connectivity index (χ0n) is 4.36. The molecule has 0 bridgehead atoms. The summed E-state index contributed by atoms with van der Waals surface area (Å²) in [6, 6.07) is 0. The summed E-state index contributed by atoms with van der Waals surface area (Å²) >= 11 is 3.38. The van der Waals surface area contributed by atoms with Crippen molar-refractivity contribution in [2.75, 3.05) is 25.0 Å². The molecule has 0 atom stereocenters. The highest BCUT2D eigenvalue weighted by molar-refractivity contribution is 9.09. The van der Waals surface area contributed by atoms with Crippen LogP contribution in [0.3, 0.4) is 0 Å². The van der Waals surface area contributed by atoms with Crippen molar-refractivity contribution in [1.29, 1.82) is 0 Å². The maximum absolute atomic E-state index is 3.38. The van der Waals surface area contributed by atoms with E-state index in [9.17, 15) is 0 Å². The van der Waals surface area contributed by atoms with Gasteiger partial charge in [0.25, 0.3) is 0 Å². The second kappa shape index (κ2) is 2.68. The molecule has 1 aliphatic heterocycles. The standard InChI is InChI=1S/C5H10BrN/c6-2-5-7-3-1-4-7/h1-5H2. The summed E-state index contributed by atoms with van der Waals surface area (Å²) in [6.07, 6.45) is 1.41. The Labute approximate surface area is 52.8 Å². The fourth-order valence-corrected chi connectivity index (χ4v) is 1.23. The number of nitrogens with zero attached hydrogens (tertiary/aromatic N) is 1. The summed E-state index contributed by atoms with van der Waals surface area (Å²) in [7, 11) is 0. The van der Waals surface area contributed by atoms with Crippen LogP contribution in [0.15, 0.2) is 0 Å². The van der Waals surface area contributed by atoms with E-state index in [1.165, 1.54) is 26.1 Å². The van der Waals surface area contributed by atoms with Gasteiger partial charge in [0.15, 0.2) is 0 Å². The first-order chi connectivity index (χ1) is 3.43. The van der Waals surface area contributed by atoms with Crippen LogP contribution >= 0.6 is 15.9 Å². The Morgan fingerprint density at radius 3 is 2.29 bits per heavy atom. The fraction of sp³-hybridized carbons (Fsp3) is 1.00. The van der Waals surface area contributed by atoms with Crippen molar-refractivity contribution in [3.63, 3.8) is 0 Å². The number of likely N-dealkylation sites (tertiary alicyclic amines) is 1. The molecule has 0 N–H and O–H groups in total. The van der Waals surface area contributed by atoms with Gasteiger partial charge in [-0.1, -0.05) is 15.9 Å². The molecule has 1 heterocycles. The molecule has 0 aromatic rings. The lowest BCUT2D eigenvalue weighted by Gasteiger charge is -2.29. The molecule has 0 saturated carbocycles. The topological polar surface area (TPSA) is 3.24 Å². The maximum Gasteiger partial charge on any atom is 0.0159 e. The van der Waals surface area contributed by atoms with Gasteiger partial charge in [0.05, 0.1) is 0 Å². The van der Waals surface area contributed by atoms with Crippen LogP contribution in [-0.4, -0.2) is 29.9 Å². The molecule has 0 amide bonds. The molecular weight excluding hydrogens is 154 g/mol. The Kier molecular flexibility index (Phi) is 2.13. The van der Waals surface area contributed by atoms with Gasteiger partial charge in [0, 0.05) is 11.9 Å². The second-order valence-corrected chi connectivity index (χ2v) is 2.68.